The van der Waals surface area contributed by atoms with Crippen molar-refractivity contribution in [2.45, 2.75) is 25.9 Å². The molecule has 1 amide bonds. The summed E-state index contributed by atoms with van der Waals surface area (Å²) in [5, 5.41) is 1.25. The van der Waals surface area contributed by atoms with Crippen LogP contribution < -0.4 is 4.74 Å². The van der Waals surface area contributed by atoms with Crippen molar-refractivity contribution in [2.24, 2.45) is 4.99 Å². The van der Waals surface area contributed by atoms with Gasteiger partial charge in [0.15, 0.2) is 5.17 Å². The number of carbonyl (C=O) groups is 1. The highest BCUT2D eigenvalue weighted by molar-refractivity contribution is 8.18. The maximum absolute atomic E-state index is 13.3. The molecule has 2 aliphatic rings. The Hall–Kier alpha value is -2.28. The summed E-state index contributed by atoms with van der Waals surface area (Å²) in [6.45, 7) is 3.70. The number of aliphatic imine (C=N–C) groups is 1. The standard InChI is InChI=1S/C23H23ClN2O3S/c1-2-28-20-11-10-17(24)13-16(20)14-21-22(27)26(15-19-9-6-12-29-19)23(30-21)25-18-7-4-3-5-8-18/h3-5,7-8,10-11,13-14,19H,2,6,9,12,15H2,1H3/b21-14+,25-23?. The lowest BCUT2D eigenvalue weighted by molar-refractivity contribution is -0.123. The third-order valence-corrected chi connectivity index (χ3v) is 6.08. The van der Waals surface area contributed by atoms with Gasteiger partial charge in [-0.1, -0.05) is 29.8 Å². The Balaban J connectivity index is 1.68. The number of para-hydroxylation sites is 1. The SMILES string of the molecule is CCOc1ccc(Cl)cc1/C=C1/SC(=Nc2ccccc2)N(CC2CCCO2)C1=O. The van der Waals surface area contributed by atoms with Crippen molar-refractivity contribution in [2.75, 3.05) is 19.8 Å². The molecule has 0 saturated carbocycles. The fourth-order valence-electron chi connectivity index (χ4n) is 3.42. The summed E-state index contributed by atoms with van der Waals surface area (Å²) in [6.07, 6.45) is 3.85. The van der Waals surface area contributed by atoms with Crippen LogP contribution in [0.3, 0.4) is 0 Å². The summed E-state index contributed by atoms with van der Waals surface area (Å²) in [7, 11) is 0. The number of nitrogens with zero attached hydrogens (tertiary/aromatic N) is 2. The van der Waals surface area contributed by atoms with Crippen LogP contribution in [0.2, 0.25) is 5.02 Å². The van der Waals surface area contributed by atoms with E-state index in [0.717, 1.165) is 30.7 Å². The van der Waals surface area contributed by atoms with E-state index in [1.807, 2.05) is 55.5 Å². The minimum absolute atomic E-state index is 0.0417. The first-order chi connectivity index (χ1) is 14.6. The normalized spacial score (nSPS) is 21.7. The molecular formula is C23H23ClN2O3S. The quantitative estimate of drug-likeness (QED) is 0.552. The van der Waals surface area contributed by atoms with Gasteiger partial charge in [0.2, 0.25) is 0 Å². The molecule has 1 unspecified atom stereocenters. The van der Waals surface area contributed by atoms with Crippen LogP contribution in [0.1, 0.15) is 25.3 Å². The van der Waals surface area contributed by atoms with E-state index < -0.39 is 0 Å². The molecule has 2 aliphatic heterocycles. The second kappa shape index (κ2) is 9.69. The summed E-state index contributed by atoms with van der Waals surface area (Å²) in [4.78, 5) is 20.3. The fraction of sp³-hybridized carbons (Fsp3) is 0.304. The zero-order valence-electron chi connectivity index (χ0n) is 16.7. The summed E-state index contributed by atoms with van der Waals surface area (Å²) < 4.78 is 11.5. The molecule has 0 radical (unpaired) electrons. The predicted molar refractivity (Wildman–Crippen MR) is 122 cm³/mol. The number of ether oxygens (including phenoxy) is 2. The number of halogens is 1. The molecule has 2 heterocycles. The minimum Gasteiger partial charge on any atom is -0.493 e. The molecule has 0 spiro atoms. The molecule has 0 aromatic heterocycles. The molecule has 0 N–H and O–H groups in total. The van der Waals surface area contributed by atoms with Gasteiger partial charge in [-0.25, -0.2) is 4.99 Å². The second-order valence-electron chi connectivity index (χ2n) is 7.01. The summed E-state index contributed by atoms with van der Waals surface area (Å²) >= 11 is 7.56. The van der Waals surface area contributed by atoms with E-state index in [0.29, 0.717) is 34.0 Å². The number of amides is 1. The van der Waals surface area contributed by atoms with Crippen LogP contribution in [0, 0.1) is 0 Å². The number of rotatable bonds is 6. The molecule has 4 rings (SSSR count). The number of hydrogen-bond donors (Lipinski definition) is 0. The highest BCUT2D eigenvalue weighted by Gasteiger charge is 2.36. The summed E-state index contributed by atoms with van der Waals surface area (Å²) in [6, 6.07) is 15.1. The van der Waals surface area contributed by atoms with Crippen LogP contribution in [0.25, 0.3) is 6.08 Å². The first kappa shape index (κ1) is 21.0. The van der Waals surface area contributed by atoms with Crippen LogP contribution >= 0.6 is 23.4 Å². The molecule has 7 heteroatoms. The molecular weight excluding hydrogens is 420 g/mol. The highest BCUT2D eigenvalue weighted by Crippen LogP contribution is 2.37. The summed E-state index contributed by atoms with van der Waals surface area (Å²) in [5.74, 6) is 0.620. The van der Waals surface area contributed by atoms with Gasteiger partial charge < -0.3 is 9.47 Å². The van der Waals surface area contributed by atoms with Crippen molar-refractivity contribution in [1.29, 1.82) is 0 Å². The first-order valence-electron chi connectivity index (χ1n) is 10.0. The number of benzene rings is 2. The van der Waals surface area contributed by atoms with Gasteiger partial charge >= 0.3 is 0 Å². The Morgan fingerprint density at radius 2 is 2.13 bits per heavy atom. The van der Waals surface area contributed by atoms with Gasteiger partial charge in [-0.3, -0.25) is 9.69 Å². The van der Waals surface area contributed by atoms with Crippen LogP contribution in [0.4, 0.5) is 5.69 Å². The van der Waals surface area contributed by atoms with Gasteiger partial charge in [0.1, 0.15) is 5.75 Å². The van der Waals surface area contributed by atoms with Gasteiger partial charge in [0, 0.05) is 17.2 Å². The van der Waals surface area contributed by atoms with Gasteiger partial charge in [0.25, 0.3) is 5.91 Å². The molecule has 0 bridgehead atoms. The number of thioether (sulfide) groups is 1. The number of carbonyl (C=O) groups excluding carboxylic acids is 1. The average molecular weight is 443 g/mol. The van der Waals surface area contributed by atoms with Gasteiger partial charge in [-0.15, -0.1) is 0 Å². The second-order valence-corrected chi connectivity index (χ2v) is 8.45. The molecule has 1 atom stereocenters. The van der Waals surface area contributed by atoms with Crippen molar-refractivity contribution >= 4 is 46.2 Å². The summed E-state index contributed by atoms with van der Waals surface area (Å²) in [5.41, 5.74) is 1.59. The molecule has 2 saturated heterocycles. The van der Waals surface area contributed by atoms with Crippen LogP contribution in [-0.2, 0) is 9.53 Å². The third kappa shape index (κ3) is 4.89. The van der Waals surface area contributed by atoms with E-state index in [4.69, 9.17) is 26.1 Å². The Morgan fingerprint density at radius 1 is 1.30 bits per heavy atom. The van der Waals surface area contributed by atoms with Crippen LogP contribution in [-0.4, -0.2) is 41.8 Å². The Kier molecular flexibility index (Phi) is 6.77. The van der Waals surface area contributed by atoms with Crippen molar-refractivity contribution in [3.8, 4) is 5.75 Å². The molecule has 2 aromatic rings. The largest absolute Gasteiger partial charge is 0.493 e. The van der Waals surface area contributed by atoms with E-state index in [2.05, 4.69) is 0 Å². The molecule has 0 aliphatic carbocycles. The maximum atomic E-state index is 13.3. The van der Waals surface area contributed by atoms with Gasteiger partial charge in [-0.05, 0) is 67.9 Å². The molecule has 156 valence electrons. The Bertz CT molecular complexity index is 972. The Morgan fingerprint density at radius 3 is 2.87 bits per heavy atom. The monoisotopic (exact) mass is 442 g/mol. The van der Waals surface area contributed by atoms with Crippen molar-refractivity contribution < 1.29 is 14.3 Å². The topological polar surface area (TPSA) is 51.1 Å². The highest BCUT2D eigenvalue weighted by atomic mass is 35.5. The molecule has 5 nitrogen and oxygen atoms in total. The molecule has 30 heavy (non-hydrogen) atoms. The predicted octanol–water partition coefficient (Wildman–Crippen LogP) is 5.52. The number of amidine groups is 1. The zero-order valence-corrected chi connectivity index (χ0v) is 18.3. The average Bonchev–Trinajstić information content (AvgIpc) is 3.35. The molecule has 2 fully saturated rings. The minimum atomic E-state index is -0.0763. The van der Waals surface area contributed by atoms with E-state index in [9.17, 15) is 4.79 Å². The van der Waals surface area contributed by atoms with Crippen LogP contribution in [0.5, 0.6) is 5.75 Å². The van der Waals surface area contributed by atoms with E-state index in [-0.39, 0.29) is 12.0 Å². The van der Waals surface area contributed by atoms with Crippen molar-refractivity contribution in [3.63, 3.8) is 0 Å². The van der Waals surface area contributed by atoms with E-state index in [1.54, 1.807) is 11.0 Å². The fourth-order valence-corrected chi connectivity index (χ4v) is 4.60. The first-order valence-corrected chi connectivity index (χ1v) is 11.2. The maximum Gasteiger partial charge on any atom is 0.266 e. The third-order valence-electron chi connectivity index (χ3n) is 4.84. The van der Waals surface area contributed by atoms with E-state index >= 15 is 0 Å². The lowest BCUT2D eigenvalue weighted by Crippen LogP contribution is -2.36. The van der Waals surface area contributed by atoms with Crippen LogP contribution in [0.15, 0.2) is 58.4 Å². The van der Waals surface area contributed by atoms with Crippen molar-refractivity contribution in [1.82, 2.24) is 4.90 Å². The van der Waals surface area contributed by atoms with Crippen molar-refractivity contribution in [3.05, 3.63) is 64.0 Å². The van der Waals surface area contributed by atoms with E-state index in [1.165, 1.54) is 11.8 Å². The lowest BCUT2D eigenvalue weighted by atomic mass is 10.1. The van der Waals surface area contributed by atoms with Gasteiger partial charge in [-0.2, -0.15) is 0 Å². The number of hydrogen-bond acceptors (Lipinski definition) is 5. The molecule has 2 aromatic carbocycles. The van der Waals surface area contributed by atoms with Gasteiger partial charge in [0.05, 0.1) is 29.8 Å². The smallest absolute Gasteiger partial charge is 0.266 e. The lowest BCUT2D eigenvalue weighted by Gasteiger charge is -2.19. The Labute approximate surface area is 185 Å². The zero-order chi connectivity index (χ0) is 20.9.